The summed E-state index contributed by atoms with van der Waals surface area (Å²) in [7, 11) is 0. The molecule has 1 aromatic carbocycles. The molecular formula is C14H10Cl2O2S. The van der Waals surface area contributed by atoms with E-state index in [0.717, 1.165) is 16.5 Å². The van der Waals surface area contributed by atoms with Crippen LogP contribution in [0.5, 0.6) is 0 Å². The van der Waals surface area contributed by atoms with Gasteiger partial charge in [-0.3, -0.25) is 0 Å². The van der Waals surface area contributed by atoms with E-state index < -0.39 is 6.10 Å². The van der Waals surface area contributed by atoms with Gasteiger partial charge in [0.05, 0.1) is 4.34 Å². The Hall–Kier alpha value is -1.000. The van der Waals surface area contributed by atoms with Gasteiger partial charge in [0.15, 0.2) is 0 Å². The van der Waals surface area contributed by atoms with Crippen LogP contribution < -0.4 is 0 Å². The maximum Gasteiger partial charge on any atom is 0.139 e. The molecule has 1 unspecified atom stereocenters. The summed E-state index contributed by atoms with van der Waals surface area (Å²) in [6, 6.07) is 9.37. The predicted molar refractivity (Wildman–Crippen MR) is 79.4 cm³/mol. The average Bonchev–Trinajstić information content (AvgIpc) is 2.93. The minimum atomic E-state index is -0.900. The number of furan rings is 1. The number of aryl methyl sites for hydroxylation is 1. The van der Waals surface area contributed by atoms with E-state index in [1.54, 1.807) is 6.07 Å². The van der Waals surface area contributed by atoms with E-state index in [1.807, 2.05) is 31.2 Å². The lowest BCUT2D eigenvalue weighted by Crippen LogP contribution is -1.96. The van der Waals surface area contributed by atoms with E-state index in [9.17, 15) is 5.11 Å². The Morgan fingerprint density at radius 2 is 2.05 bits per heavy atom. The molecule has 0 saturated heterocycles. The van der Waals surface area contributed by atoms with Crippen molar-refractivity contribution in [1.29, 1.82) is 0 Å². The SMILES string of the molecule is Cc1cccc2cc(C(O)c3cc(Cl)sc3Cl)oc12. The number of hydrogen-bond acceptors (Lipinski definition) is 3. The van der Waals surface area contributed by atoms with Crippen LogP contribution >= 0.6 is 34.5 Å². The van der Waals surface area contributed by atoms with Crippen LogP contribution in [0.4, 0.5) is 0 Å². The molecule has 0 aliphatic heterocycles. The highest BCUT2D eigenvalue weighted by Crippen LogP contribution is 2.38. The van der Waals surface area contributed by atoms with Gasteiger partial charge >= 0.3 is 0 Å². The topological polar surface area (TPSA) is 33.4 Å². The second-order valence-electron chi connectivity index (χ2n) is 4.32. The lowest BCUT2D eigenvalue weighted by molar-refractivity contribution is 0.193. The molecule has 3 aromatic rings. The molecule has 98 valence electrons. The third-order valence-electron chi connectivity index (χ3n) is 3.01. The Morgan fingerprint density at radius 1 is 1.26 bits per heavy atom. The van der Waals surface area contributed by atoms with Crippen LogP contribution in [0, 0.1) is 6.92 Å². The van der Waals surface area contributed by atoms with E-state index in [0.29, 0.717) is 20.0 Å². The number of para-hydroxylation sites is 1. The number of hydrogen-bond donors (Lipinski definition) is 1. The van der Waals surface area contributed by atoms with E-state index in [2.05, 4.69) is 0 Å². The fourth-order valence-electron chi connectivity index (χ4n) is 2.06. The van der Waals surface area contributed by atoms with Crippen LogP contribution in [0.25, 0.3) is 11.0 Å². The van der Waals surface area contributed by atoms with Gasteiger partial charge in [-0.15, -0.1) is 11.3 Å². The summed E-state index contributed by atoms with van der Waals surface area (Å²) in [5.74, 6) is 0.473. The molecule has 1 N–H and O–H groups in total. The van der Waals surface area contributed by atoms with Gasteiger partial charge in [-0.1, -0.05) is 41.4 Å². The van der Waals surface area contributed by atoms with Gasteiger partial charge in [0.25, 0.3) is 0 Å². The highest BCUT2D eigenvalue weighted by Gasteiger charge is 2.21. The molecule has 0 aliphatic rings. The van der Waals surface area contributed by atoms with Crippen molar-refractivity contribution in [2.24, 2.45) is 0 Å². The molecule has 2 aromatic heterocycles. The first-order valence-corrected chi connectivity index (χ1v) is 7.25. The minimum Gasteiger partial charge on any atom is -0.458 e. The van der Waals surface area contributed by atoms with Gasteiger partial charge in [-0.25, -0.2) is 0 Å². The average molecular weight is 313 g/mol. The standard InChI is InChI=1S/C14H10Cl2O2S/c1-7-3-2-4-8-5-10(18-13(7)8)12(17)9-6-11(15)19-14(9)16/h2-6,12,17H,1H3. The van der Waals surface area contributed by atoms with E-state index >= 15 is 0 Å². The summed E-state index contributed by atoms with van der Waals surface area (Å²) in [6.45, 7) is 1.97. The normalized spacial score (nSPS) is 13.1. The monoisotopic (exact) mass is 312 g/mol. The molecule has 0 aliphatic carbocycles. The Bertz CT molecular complexity index is 745. The summed E-state index contributed by atoms with van der Waals surface area (Å²) in [4.78, 5) is 0. The largest absolute Gasteiger partial charge is 0.458 e. The number of aliphatic hydroxyl groups excluding tert-OH is 1. The summed E-state index contributed by atoms with van der Waals surface area (Å²) in [5.41, 5.74) is 2.40. The number of aliphatic hydroxyl groups is 1. The van der Waals surface area contributed by atoms with E-state index in [-0.39, 0.29) is 0 Å². The smallest absolute Gasteiger partial charge is 0.139 e. The number of halogens is 2. The molecule has 0 fully saturated rings. The molecule has 0 saturated carbocycles. The Balaban J connectivity index is 2.09. The van der Waals surface area contributed by atoms with Gasteiger partial charge in [0.1, 0.15) is 21.8 Å². The second kappa shape index (κ2) is 4.84. The van der Waals surface area contributed by atoms with Gasteiger partial charge < -0.3 is 9.52 Å². The van der Waals surface area contributed by atoms with Crippen molar-refractivity contribution in [1.82, 2.24) is 0 Å². The Kier molecular flexibility index (Phi) is 3.31. The van der Waals surface area contributed by atoms with Gasteiger partial charge in [-0.2, -0.15) is 0 Å². The minimum absolute atomic E-state index is 0.473. The first-order valence-electron chi connectivity index (χ1n) is 5.68. The van der Waals surface area contributed by atoms with E-state index in [1.165, 1.54) is 11.3 Å². The summed E-state index contributed by atoms with van der Waals surface area (Å²) >= 11 is 13.2. The maximum absolute atomic E-state index is 10.3. The summed E-state index contributed by atoms with van der Waals surface area (Å²) < 4.78 is 6.76. The van der Waals surface area contributed by atoms with Crippen molar-refractivity contribution in [2.45, 2.75) is 13.0 Å². The van der Waals surface area contributed by atoms with Gasteiger partial charge in [0.2, 0.25) is 0 Å². The van der Waals surface area contributed by atoms with Crippen molar-refractivity contribution < 1.29 is 9.52 Å². The molecule has 0 bridgehead atoms. The molecule has 0 radical (unpaired) electrons. The summed E-state index contributed by atoms with van der Waals surface area (Å²) in [6.07, 6.45) is -0.900. The molecule has 0 spiro atoms. The lowest BCUT2D eigenvalue weighted by Gasteiger charge is -2.05. The predicted octanol–water partition coefficient (Wildman–Crippen LogP) is 5.19. The molecule has 2 heterocycles. The zero-order valence-electron chi connectivity index (χ0n) is 9.98. The maximum atomic E-state index is 10.3. The third kappa shape index (κ3) is 2.28. The fraction of sp³-hybridized carbons (Fsp3) is 0.143. The van der Waals surface area contributed by atoms with Gasteiger partial charge in [-0.05, 0) is 24.6 Å². The molecule has 19 heavy (non-hydrogen) atoms. The van der Waals surface area contributed by atoms with Crippen LogP contribution in [-0.4, -0.2) is 5.11 Å². The van der Waals surface area contributed by atoms with Crippen molar-refractivity contribution in [3.63, 3.8) is 0 Å². The van der Waals surface area contributed by atoms with Crippen molar-refractivity contribution in [3.8, 4) is 0 Å². The molecule has 3 rings (SSSR count). The first kappa shape index (κ1) is 13.0. The zero-order valence-corrected chi connectivity index (χ0v) is 12.3. The quantitative estimate of drug-likeness (QED) is 0.706. The van der Waals surface area contributed by atoms with Gasteiger partial charge in [0, 0.05) is 10.9 Å². The molecule has 0 amide bonds. The fourth-order valence-corrected chi connectivity index (χ4v) is 3.58. The number of thiophene rings is 1. The van der Waals surface area contributed by atoms with Crippen molar-refractivity contribution >= 4 is 45.5 Å². The number of rotatable bonds is 2. The van der Waals surface area contributed by atoms with Crippen LogP contribution in [0.15, 0.2) is 34.7 Å². The second-order valence-corrected chi connectivity index (χ2v) is 6.61. The third-order valence-corrected chi connectivity index (χ3v) is 4.53. The van der Waals surface area contributed by atoms with Crippen LogP contribution in [0.1, 0.15) is 23.0 Å². The zero-order chi connectivity index (χ0) is 13.6. The number of benzene rings is 1. The molecule has 5 heteroatoms. The Morgan fingerprint density at radius 3 is 2.68 bits per heavy atom. The summed E-state index contributed by atoms with van der Waals surface area (Å²) in [5, 5.41) is 11.3. The Labute approximate surface area is 124 Å². The van der Waals surface area contributed by atoms with Crippen LogP contribution in [-0.2, 0) is 0 Å². The number of fused-ring (bicyclic) bond motifs is 1. The molecule has 2 nitrogen and oxygen atoms in total. The van der Waals surface area contributed by atoms with Crippen molar-refractivity contribution in [2.75, 3.05) is 0 Å². The first-order chi connectivity index (χ1) is 9.06. The van der Waals surface area contributed by atoms with Crippen LogP contribution in [0.2, 0.25) is 8.67 Å². The highest BCUT2D eigenvalue weighted by molar-refractivity contribution is 7.20. The van der Waals surface area contributed by atoms with Crippen molar-refractivity contribution in [3.05, 3.63) is 55.9 Å². The highest BCUT2D eigenvalue weighted by atomic mass is 35.5. The lowest BCUT2D eigenvalue weighted by atomic mass is 10.1. The van der Waals surface area contributed by atoms with Crippen LogP contribution in [0.3, 0.4) is 0 Å². The molecular weight excluding hydrogens is 303 g/mol. The van der Waals surface area contributed by atoms with E-state index in [4.69, 9.17) is 27.6 Å². The molecule has 1 atom stereocenters.